The molecule has 0 saturated carbocycles. The van der Waals surface area contributed by atoms with Gasteiger partial charge in [-0.2, -0.15) is 0 Å². The molecule has 1 N–H and O–H groups in total. The van der Waals surface area contributed by atoms with E-state index in [2.05, 4.69) is 79.9 Å². The van der Waals surface area contributed by atoms with Gasteiger partial charge in [0.1, 0.15) is 33.5 Å². The van der Waals surface area contributed by atoms with Crippen LogP contribution in [0.3, 0.4) is 0 Å². The van der Waals surface area contributed by atoms with Crippen molar-refractivity contribution in [2.75, 3.05) is 40.6 Å². The Labute approximate surface area is 415 Å². The van der Waals surface area contributed by atoms with Crippen molar-refractivity contribution < 1.29 is 32.9 Å². The maximum absolute atomic E-state index is 12.0. The molecule has 10 heteroatoms. The van der Waals surface area contributed by atoms with Gasteiger partial charge in [0.2, 0.25) is 0 Å². The van der Waals surface area contributed by atoms with Crippen LogP contribution in [0.2, 0.25) is 36.3 Å². The zero-order valence-corrected chi connectivity index (χ0v) is 45.3. The summed E-state index contributed by atoms with van der Waals surface area (Å²) in [5, 5.41) is 12.4. The zero-order chi connectivity index (χ0) is 49.6. The van der Waals surface area contributed by atoms with Crippen molar-refractivity contribution in [3.05, 3.63) is 191 Å². The van der Waals surface area contributed by atoms with Crippen molar-refractivity contribution >= 4 is 28.2 Å². The summed E-state index contributed by atoms with van der Waals surface area (Å²) in [4.78, 5) is -0.816. The third kappa shape index (κ3) is 13.7. The minimum absolute atomic E-state index is 0.211. The molecule has 0 heterocycles. The van der Waals surface area contributed by atoms with Gasteiger partial charge in [0.05, 0.1) is 27.4 Å². The number of benzene rings is 6. The molecule has 6 rings (SSSR count). The molecule has 6 aromatic rings. The van der Waals surface area contributed by atoms with E-state index in [0.717, 1.165) is 75.8 Å². The van der Waals surface area contributed by atoms with Crippen LogP contribution in [-0.4, -0.2) is 62.4 Å². The molecule has 0 saturated heterocycles. The third-order valence-electron chi connectivity index (χ3n) is 13.5. The highest BCUT2D eigenvalue weighted by molar-refractivity contribution is 6.74. The van der Waals surface area contributed by atoms with Gasteiger partial charge < -0.3 is 32.9 Å². The molecule has 0 aliphatic heterocycles. The normalized spacial score (nSPS) is 13.9. The van der Waals surface area contributed by atoms with Gasteiger partial charge in [-0.05, 0) is 118 Å². The molecule has 2 unspecified atom stereocenters. The number of rotatable bonds is 20. The zero-order valence-electron chi connectivity index (χ0n) is 42.5. The Hall–Kier alpha value is -4.88. The van der Waals surface area contributed by atoms with E-state index in [4.69, 9.17) is 39.4 Å². The van der Waals surface area contributed by atoms with E-state index in [-0.39, 0.29) is 10.1 Å². The van der Waals surface area contributed by atoms with Crippen LogP contribution in [0.25, 0.3) is 0 Å². The summed E-state index contributed by atoms with van der Waals surface area (Å²) < 4.78 is 35.0. The van der Waals surface area contributed by atoms with Crippen LogP contribution in [0.4, 0.5) is 0 Å². The summed E-state index contributed by atoms with van der Waals surface area (Å²) in [6.07, 6.45) is 1.71. The lowest BCUT2D eigenvalue weighted by Gasteiger charge is -2.36. The van der Waals surface area contributed by atoms with Gasteiger partial charge in [-0.1, -0.05) is 151 Å². The van der Waals surface area contributed by atoms with E-state index >= 15 is 0 Å². The fraction of sp³-hybridized carbons (Fsp3) is 0.379. The van der Waals surface area contributed by atoms with Gasteiger partial charge in [-0.15, -0.1) is 11.6 Å². The summed E-state index contributed by atoms with van der Waals surface area (Å²) in [6, 6.07) is 51.1. The lowest BCUT2D eigenvalue weighted by Crippen LogP contribution is -2.41. The second-order valence-corrected chi connectivity index (χ2v) is 30.4. The highest BCUT2D eigenvalue weighted by atomic mass is 35.5. The van der Waals surface area contributed by atoms with Crippen LogP contribution in [0.1, 0.15) is 87.8 Å². The minimum Gasteiger partial charge on any atom is -0.497 e. The Morgan fingerprint density at radius 2 is 0.676 bits per heavy atom. The van der Waals surface area contributed by atoms with Crippen LogP contribution in [0, 0.1) is 0 Å². The molecule has 0 radical (unpaired) electrons. The summed E-state index contributed by atoms with van der Waals surface area (Å²) in [5.74, 6) is 3.16. The Kier molecular flexibility index (Phi) is 18.8. The van der Waals surface area contributed by atoms with Crippen molar-refractivity contribution in [2.45, 2.75) is 101 Å². The lowest BCUT2D eigenvalue weighted by molar-refractivity contribution is 0.125. The summed E-state index contributed by atoms with van der Waals surface area (Å²) >= 11 is 7.39. The Balaban J connectivity index is 0.000000254. The average Bonchev–Trinajstić information content (AvgIpc) is 3.33. The first-order valence-corrected chi connectivity index (χ1v) is 29.9. The number of ether oxygens (including phenoxy) is 4. The molecule has 0 fully saturated rings. The molecule has 0 aromatic heterocycles. The van der Waals surface area contributed by atoms with E-state index in [9.17, 15) is 5.11 Å². The van der Waals surface area contributed by atoms with Crippen LogP contribution in [-0.2, 0) is 19.3 Å². The molecular weight excluding hydrogens is 900 g/mol. The number of halogens is 1. The topological polar surface area (TPSA) is 75.6 Å². The van der Waals surface area contributed by atoms with Gasteiger partial charge in [0.15, 0.2) is 16.6 Å². The van der Waals surface area contributed by atoms with E-state index in [1.54, 1.807) is 14.2 Å². The second kappa shape index (κ2) is 23.6. The number of hydrogen-bond acceptors (Lipinski definition) is 7. The molecule has 0 bridgehead atoms. The first-order valence-electron chi connectivity index (χ1n) is 23.7. The fourth-order valence-electron chi connectivity index (χ4n) is 7.16. The van der Waals surface area contributed by atoms with Crippen LogP contribution >= 0.6 is 11.6 Å². The van der Waals surface area contributed by atoms with Gasteiger partial charge in [0.25, 0.3) is 0 Å². The maximum atomic E-state index is 12.0. The smallest absolute Gasteiger partial charge is 0.191 e. The number of aliphatic hydroxyl groups is 1. The number of hydrogen-bond donors (Lipinski definition) is 1. The predicted molar refractivity (Wildman–Crippen MR) is 286 cm³/mol. The van der Waals surface area contributed by atoms with Gasteiger partial charge >= 0.3 is 0 Å². The molecule has 0 amide bonds. The monoisotopic (exact) mass is 974 g/mol. The van der Waals surface area contributed by atoms with E-state index in [1.807, 2.05) is 146 Å². The highest BCUT2D eigenvalue weighted by Gasteiger charge is 2.38. The molecule has 7 nitrogen and oxygen atoms in total. The van der Waals surface area contributed by atoms with Crippen molar-refractivity contribution in [1.29, 1.82) is 0 Å². The number of alkyl halides is 1. The molecule has 6 aromatic carbocycles. The van der Waals surface area contributed by atoms with Crippen LogP contribution in [0.15, 0.2) is 158 Å². The third-order valence-corrected chi connectivity index (χ3v) is 23.3. The highest BCUT2D eigenvalue weighted by Crippen LogP contribution is 2.44. The summed E-state index contributed by atoms with van der Waals surface area (Å²) in [6.45, 7) is 25.3. The number of methoxy groups -OCH3 is 2. The standard InChI is InChI=1S/C29H37ClO3Si.C29H38O4Si/c2*1-28(2,3)34(5,6)33-22-10-21-32-27-19-15-25(16-20-27)29(30,23-11-8-7-9-12-23)24-13-17-26(31-4)18-14-24/h7-9,11-20H,10,21-22H2,1-6H3;7-9,11-20,30H,10,21-22H2,1-6H3. The predicted octanol–water partition coefficient (Wildman–Crippen LogP) is 14.8. The van der Waals surface area contributed by atoms with Crippen LogP contribution in [0.5, 0.6) is 23.0 Å². The van der Waals surface area contributed by atoms with Crippen molar-refractivity contribution in [3.63, 3.8) is 0 Å². The van der Waals surface area contributed by atoms with E-state index < -0.39 is 27.1 Å². The van der Waals surface area contributed by atoms with Crippen molar-refractivity contribution in [3.8, 4) is 23.0 Å². The average molecular weight is 976 g/mol. The Morgan fingerprint density at radius 1 is 0.397 bits per heavy atom. The Bertz CT molecular complexity index is 2230. The molecular formula is C58H75ClO7Si2. The molecule has 2 atom stereocenters. The molecule has 0 aliphatic carbocycles. The first-order chi connectivity index (χ1) is 32.2. The van der Waals surface area contributed by atoms with Crippen molar-refractivity contribution in [2.24, 2.45) is 0 Å². The summed E-state index contributed by atoms with van der Waals surface area (Å²) in [7, 11) is -0.135. The van der Waals surface area contributed by atoms with E-state index in [1.165, 1.54) is 0 Å². The fourth-order valence-corrected chi connectivity index (χ4v) is 9.71. The van der Waals surface area contributed by atoms with Crippen LogP contribution < -0.4 is 18.9 Å². The first kappa shape index (κ1) is 54.1. The van der Waals surface area contributed by atoms with Gasteiger partial charge in [-0.25, -0.2) is 0 Å². The van der Waals surface area contributed by atoms with E-state index in [0.29, 0.717) is 19.8 Å². The SMILES string of the molecule is COc1ccc(C(Cl)(c2ccccc2)c2ccc(OCCCO[Si](C)(C)C(C)(C)C)cc2)cc1.COc1ccc(C(O)(c2ccccc2)c2ccc(OCCCO[Si](C)(C)C(C)(C)C)cc2)cc1. The Morgan fingerprint density at radius 3 is 1.00 bits per heavy atom. The molecule has 0 aliphatic rings. The molecule has 0 spiro atoms. The molecule has 68 heavy (non-hydrogen) atoms. The lowest BCUT2D eigenvalue weighted by atomic mass is 9.80. The van der Waals surface area contributed by atoms with Gasteiger partial charge in [-0.3, -0.25) is 0 Å². The molecule has 364 valence electrons. The quantitative estimate of drug-likeness (QED) is 0.0353. The second-order valence-electron chi connectivity index (χ2n) is 20.2. The maximum Gasteiger partial charge on any atom is 0.191 e. The van der Waals surface area contributed by atoms with Crippen molar-refractivity contribution in [1.82, 2.24) is 0 Å². The largest absolute Gasteiger partial charge is 0.497 e. The van der Waals surface area contributed by atoms with Gasteiger partial charge in [0, 0.05) is 26.1 Å². The minimum atomic E-state index is -1.72. The summed E-state index contributed by atoms with van der Waals surface area (Å²) in [5.41, 5.74) is 4.04.